The molecule has 0 spiro atoms. The molecule has 42 heavy (non-hydrogen) atoms. The quantitative estimate of drug-likeness (QED) is 0.241. The summed E-state index contributed by atoms with van der Waals surface area (Å²) < 4.78 is 30.3. The molecule has 0 saturated heterocycles. The second-order valence-corrected chi connectivity index (χ2v) is 13.6. The van der Waals surface area contributed by atoms with Crippen LogP contribution in [0, 0.1) is 13.8 Å². The normalized spacial score (nSPS) is 12.2. The molecule has 0 bridgehead atoms. The Morgan fingerprint density at radius 3 is 2.26 bits per heavy atom. The highest BCUT2D eigenvalue weighted by Gasteiger charge is 2.35. The van der Waals surface area contributed by atoms with Gasteiger partial charge in [-0.25, -0.2) is 4.31 Å². The van der Waals surface area contributed by atoms with E-state index in [1.165, 1.54) is 19.0 Å². The highest BCUT2D eigenvalue weighted by atomic mass is 79.9. The van der Waals surface area contributed by atoms with Crippen LogP contribution < -0.4 is 9.62 Å². The Morgan fingerprint density at radius 1 is 0.929 bits per heavy atom. The second kappa shape index (κ2) is 15.3. The molecule has 0 aromatic heterocycles. The molecule has 1 atom stereocenters. The van der Waals surface area contributed by atoms with Gasteiger partial charge in [-0.15, -0.1) is 0 Å². The molecule has 0 radical (unpaired) electrons. The van der Waals surface area contributed by atoms with Crippen molar-refractivity contribution in [2.24, 2.45) is 0 Å². The monoisotopic (exact) mass is 656 g/mol. The van der Waals surface area contributed by atoms with Crippen LogP contribution in [0.4, 0.5) is 5.69 Å². The average molecular weight is 658 g/mol. The number of unbranched alkanes of at least 4 members (excludes halogenated alkanes) is 1. The minimum absolute atomic E-state index is 0.125. The Bertz CT molecular complexity index is 1460. The molecule has 0 saturated carbocycles. The van der Waals surface area contributed by atoms with Gasteiger partial charge in [0.05, 0.1) is 5.69 Å². The first-order valence-corrected chi connectivity index (χ1v) is 16.3. The summed E-state index contributed by atoms with van der Waals surface area (Å²) in [6, 6.07) is 21.7. The van der Waals surface area contributed by atoms with Crippen LogP contribution in [-0.4, -0.2) is 62.7 Å². The molecular formula is C32H41BrN4O4S. The number of halogens is 1. The molecule has 2 amide bonds. The number of benzene rings is 3. The number of carbonyl (C=O) groups excluding carboxylic acids is 2. The first-order chi connectivity index (χ1) is 19.9. The van der Waals surface area contributed by atoms with E-state index in [4.69, 9.17) is 0 Å². The largest absolute Gasteiger partial charge is 0.354 e. The van der Waals surface area contributed by atoms with Crippen molar-refractivity contribution in [3.05, 3.63) is 99.5 Å². The van der Waals surface area contributed by atoms with Crippen molar-refractivity contribution in [2.75, 3.05) is 31.5 Å². The van der Waals surface area contributed by atoms with Crippen molar-refractivity contribution in [3.63, 3.8) is 0 Å². The van der Waals surface area contributed by atoms with Gasteiger partial charge in [-0.2, -0.15) is 12.7 Å². The summed E-state index contributed by atoms with van der Waals surface area (Å²) in [6.07, 6.45) is 2.00. The lowest BCUT2D eigenvalue weighted by molar-refractivity contribution is -0.140. The van der Waals surface area contributed by atoms with Gasteiger partial charge < -0.3 is 10.2 Å². The van der Waals surface area contributed by atoms with Crippen molar-refractivity contribution < 1.29 is 18.0 Å². The van der Waals surface area contributed by atoms with E-state index in [1.54, 1.807) is 6.07 Å². The molecule has 0 unspecified atom stereocenters. The number of nitrogens with zero attached hydrogens (tertiary/aromatic N) is 3. The van der Waals surface area contributed by atoms with Gasteiger partial charge >= 0.3 is 10.2 Å². The molecule has 226 valence electrons. The standard InChI is InChI=1S/C32H41BrN4O4S/c1-6-7-18-34-32(39)30(21-26-12-9-8-10-13-26)36(22-27-14-11-15-28(33)20-27)31(38)23-37(42(40,41)35(4)5)29-19-24(2)16-17-25(29)3/h8-17,19-20,30H,6-7,18,21-23H2,1-5H3,(H,34,39)/t30-/m1/s1. The summed E-state index contributed by atoms with van der Waals surface area (Å²) in [5.41, 5.74) is 3.71. The number of rotatable bonds is 14. The Labute approximate surface area is 259 Å². The third kappa shape index (κ3) is 8.89. The Kier molecular flexibility index (Phi) is 12.1. The lowest BCUT2D eigenvalue weighted by Crippen LogP contribution is -2.54. The van der Waals surface area contributed by atoms with Gasteiger partial charge in [0.25, 0.3) is 0 Å². The van der Waals surface area contributed by atoms with Gasteiger partial charge in [-0.1, -0.05) is 83.9 Å². The van der Waals surface area contributed by atoms with Crippen LogP contribution >= 0.6 is 15.9 Å². The first kappa shape index (κ1) is 33.3. The lowest BCUT2D eigenvalue weighted by atomic mass is 10.0. The minimum atomic E-state index is -4.05. The van der Waals surface area contributed by atoms with E-state index in [-0.39, 0.29) is 18.9 Å². The molecule has 8 nitrogen and oxygen atoms in total. The molecule has 0 aliphatic rings. The van der Waals surface area contributed by atoms with Crippen LogP contribution in [0.5, 0.6) is 0 Å². The fourth-order valence-electron chi connectivity index (χ4n) is 4.58. The number of nitrogens with one attached hydrogen (secondary N) is 1. The van der Waals surface area contributed by atoms with E-state index in [0.29, 0.717) is 12.2 Å². The molecule has 3 aromatic carbocycles. The molecule has 1 N–H and O–H groups in total. The predicted molar refractivity (Wildman–Crippen MR) is 172 cm³/mol. The summed E-state index contributed by atoms with van der Waals surface area (Å²) in [5.74, 6) is -0.753. The van der Waals surface area contributed by atoms with Gasteiger partial charge in [0, 0.05) is 38.1 Å². The van der Waals surface area contributed by atoms with Crippen LogP contribution in [0.15, 0.2) is 77.3 Å². The molecular weight excluding hydrogens is 616 g/mol. The van der Waals surface area contributed by atoms with Crippen molar-refractivity contribution in [3.8, 4) is 0 Å². The average Bonchev–Trinajstić information content (AvgIpc) is 2.95. The summed E-state index contributed by atoms with van der Waals surface area (Å²) in [6.45, 7) is 5.89. The zero-order valence-electron chi connectivity index (χ0n) is 25.0. The molecule has 3 rings (SSSR count). The van der Waals surface area contributed by atoms with Crippen molar-refractivity contribution >= 4 is 43.6 Å². The van der Waals surface area contributed by atoms with Gasteiger partial charge in [-0.05, 0) is 60.7 Å². The van der Waals surface area contributed by atoms with Crippen LogP contribution in [-0.2, 0) is 32.8 Å². The van der Waals surface area contributed by atoms with E-state index in [2.05, 4.69) is 21.2 Å². The van der Waals surface area contributed by atoms with Gasteiger partial charge in [-0.3, -0.25) is 9.59 Å². The first-order valence-electron chi connectivity index (χ1n) is 14.1. The minimum Gasteiger partial charge on any atom is -0.354 e. The number of hydrogen-bond donors (Lipinski definition) is 1. The van der Waals surface area contributed by atoms with Crippen LogP contribution in [0.3, 0.4) is 0 Å². The van der Waals surface area contributed by atoms with Crippen LogP contribution in [0.2, 0.25) is 0 Å². The summed E-state index contributed by atoms with van der Waals surface area (Å²) in [7, 11) is -1.17. The number of aryl methyl sites for hydroxylation is 2. The maximum absolute atomic E-state index is 14.4. The smallest absolute Gasteiger partial charge is 0.304 e. The third-order valence-electron chi connectivity index (χ3n) is 6.99. The van der Waals surface area contributed by atoms with Crippen LogP contribution in [0.1, 0.15) is 42.0 Å². The summed E-state index contributed by atoms with van der Waals surface area (Å²) in [4.78, 5) is 29.6. The second-order valence-electron chi connectivity index (χ2n) is 10.6. The van der Waals surface area contributed by atoms with Crippen molar-refractivity contribution in [1.29, 1.82) is 0 Å². The zero-order valence-corrected chi connectivity index (χ0v) is 27.4. The van der Waals surface area contributed by atoms with Gasteiger partial charge in [0.2, 0.25) is 11.8 Å². The fraction of sp³-hybridized carbons (Fsp3) is 0.375. The molecule has 0 heterocycles. The van der Waals surface area contributed by atoms with E-state index in [9.17, 15) is 18.0 Å². The zero-order chi connectivity index (χ0) is 30.9. The van der Waals surface area contributed by atoms with E-state index in [0.717, 1.165) is 48.2 Å². The topological polar surface area (TPSA) is 90.0 Å². The van der Waals surface area contributed by atoms with Gasteiger partial charge in [0.1, 0.15) is 12.6 Å². The summed E-state index contributed by atoms with van der Waals surface area (Å²) in [5, 5.41) is 3.00. The molecule has 3 aromatic rings. The van der Waals surface area contributed by atoms with Crippen molar-refractivity contribution in [2.45, 2.75) is 52.6 Å². The number of carbonyl (C=O) groups is 2. The fourth-order valence-corrected chi connectivity index (χ4v) is 6.14. The van der Waals surface area contributed by atoms with Gasteiger partial charge in [0.15, 0.2) is 0 Å². The Hall–Kier alpha value is -3.21. The SMILES string of the molecule is CCCCNC(=O)[C@@H](Cc1ccccc1)N(Cc1cccc(Br)c1)C(=O)CN(c1cc(C)ccc1C)S(=O)(=O)N(C)C. The van der Waals surface area contributed by atoms with E-state index >= 15 is 0 Å². The lowest BCUT2D eigenvalue weighted by Gasteiger charge is -2.35. The molecule has 0 aliphatic carbocycles. The van der Waals surface area contributed by atoms with Crippen LogP contribution in [0.25, 0.3) is 0 Å². The van der Waals surface area contributed by atoms with E-state index < -0.39 is 28.7 Å². The number of amides is 2. The number of anilines is 1. The molecule has 10 heteroatoms. The number of hydrogen-bond acceptors (Lipinski definition) is 4. The maximum atomic E-state index is 14.4. The molecule has 0 aliphatic heterocycles. The van der Waals surface area contributed by atoms with E-state index in [1.807, 2.05) is 87.5 Å². The Balaban J connectivity index is 2.11. The Morgan fingerprint density at radius 2 is 1.62 bits per heavy atom. The molecule has 0 fully saturated rings. The predicted octanol–water partition coefficient (Wildman–Crippen LogP) is 5.24. The maximum Gasteiger partial charge on any atom is 0.304 e. The highest BCUT2D eigenvalue weighted by molar-refractivity contribution is 9.10. The van der Waals surface area contributed by atoms with Crippen molar-refractivity contribution in [1.82, 2.24) is 14.5 Å². The highest BCUT2D eigenvalue weighted by Crippen LogP contribution is 2.26. The summed E-state index contributed by atoms with van der Waals surface area (Å²) >= 11 is 3.50. The third-order valence-corrected chi connectivity index (χ3v) is 9.29.